The highest BCUT2D eigenvalue weighted by atomic mass is 79.9. The molecule has 1 aromatic rings. The van der Waals surface area contributed by atoms with Crippen molar-refractivity contribution >= 4 is 15.9 Å². The van der Waals surface area contributed by atoms with Crippen LogP contribution in [0.15, 0.2) is 34.5 Å². The Labute approximate surface area is 103 Å². The van der Waals surface area contributed by atoms with Crippen LogP contribution >= 0.6 is 15.9 Å². The van der Waals surface area contributed by atoms with Gasteiger partial charge < -0.3 is 14.6 Å². The lowest BCUT2D eigenvalue weighted by Gasteiger charge is -2.15. The van der Waals surface area contributed by atoms with E-state index in [0.717, 1.165) is 22.2 Å². The van der Waals surface area contributed by atoms with E-state index in [1.165, 1.54) is 0 Å². The Balaban J connectivity index is 2.31. The van der Waals surface area contributed by atoms with E-state index in [0.29, 0.717) is 12.4 Å². The first-order chi connectivity index (χ1) is 7.72. The average molecular weight is 285 g/mol. The zero-order valence-corrected chi connectivity index (χ0v) is 10.5. The van der Waals surface area contributed by atoms with Crippen LogP contribution in [0.1, 0.15) is 18.1 Å². The number of rotatable bonds is 3. The van der Waals surface area contributed by atoms with E-state index >= 15 is 0 Å². The van der Waals surface area contributed by atoms with E-state index in [2.05, 4.69) is 15.9 Å². The van der Waals surface area contributed by atoms with Gasteiger partial charge in [0, 0.05) is 16.5 Å². The first-order valence-electron chi connectivity index (χ1n) is 5.06. The standard InChI is InChI=1S/C12H13BrO3/c1-15-8-4-5-10(13)9(7-8)12(14)11-3-2-6-16-11/h3-5,7,12,14H,2,6H2,1H3. The maximum Gasteiger partial charge on any atom is 0.137 e. The molecule has 0 spiro atoms. The summed E-state index contributed by atoms with van der Waals surface area (Å²) in [5.41, 5.74) is 0.757. The molecule has 1 aliphatic heterocycles. The van der Waals surface area contributed by atoms with E-state index in [-0.39, 0.29) is 0 Å². The van der Waals surface area contributed by atoms with Crippen LogP contribution in [0.25, 0.3) is 0 Å². The molecule has 0 radical (unpaired) electrons. The first-order valence-corrected chi connectivity index (χ1v) is 5.86. The molecule has 0 saturated heterocycles. The third-order valence-electron chi connectivity index (χ3n) is 2.50. The molecule has 1 N–H and O–H groups in total. The SMILES string of the molecule is COc1ccc(Br)c(C(O)C2=CCCO2)c1. The van der Waals surface area contributed by atoms with Gasteiger partial charge in [-0.15, -0.1) is 0 Å². The van der Waals surface area contributed by atoms with Gasteiger partial charge in [-0.2, -0.15) is 0 Å². The van der Waals surface area contributed by atoms with Crippen LogP contribution in [0.2, 0.25) is 0 Å². The van der Waals surface area contributed by atoms with Gasteiger partial charge in [-0.05, 0) is 24.3 Å². The molecule has 1 aromatic carbocycles. The molecule has 0 amide bonds. The summed E-state index contributed by atoms with van der Waals surface area (Å²) in [5.74, 6) is 1.34. The summed E-state index contributed by atoms with van der Waals surface area (Å²) in [7, 11) is 1.60. The van der Waals surface area contributed by atoms with Crippen LogP contribution in [0, 0.1) is 0 Å². The highest BCUT2D eigenvalue weighted by Crippen LogP contribution is 2.33. The third kappa shape index (κ3) is 2.23. The van der Waals surface area contributed by atoms with Gasteiger partial charge >= 0.3 is 0 Å². The van der Waals surface area contributed by atoms with Crippen molar-refractivity contribution in [1.82, 2.24) is 0 Å². The molecule has 0 bridgehead atoms. The minimum Gasteiger partial charge on any atom is -0.497 e. The van der Waals surface area contributed by atoms with E-state index in [1.807, 2.05) is 18.2 Å². The second-order valence-corrected chi connectivity index (χ2v) is 4.39. The molecule has 4 heteroatoms. The summed E-state index contributed by atoms with van der Waals surface area (Å²) >= 11 is 3.41. The summed E-state index contributed by atoms with van der Waals surface area (Å²) in [6, 6.07) is 5.49. The summed E-state index contributed by atoms with van der Waals surface area (Å²) in [5, 5.41) is 10.1. The number of ether oxygens (including phenoxy) is 2. The van der Waals surface area contributed by atoms with E-state index in [9.17, 15) is 5.11 Å². The van der Waals surface area contributed by atoms with Crippen molar-refractivity contribution in [3.05, 3.63) is 40.1 Å². The lowest BCUT2D eigenvalue weighted by molar-refractivity contribution is 0.118. The van der Waals surface area contributed by atoms with Gasteiger partial charge in [0.05, 0.1) is 13.7 Å². The maximum absolute atomic E-state index is 10.1. The highest BCUT2D eigenvalue weighted by molar-refractivity contribution is 9.10. The fraction of sp³-hybridized carbons (Fsp3) is 0.333. The molecule has 3 nitrogen and oxygen atoms in total. The van der Waals surface area contributed by atoms with E-state index in [4.69, 9.17) is 9.47 Å². The number of hydrogen-bond acceptors (Lipinski definition) is 3. The van der Waals surface area contributed by atoms with Gasteiger partial charge in [-0.1, -0.05) is 15.9 Å². The Bertz CT molecular complexity index is 415. The van der Waals surface area contributed by atoms with Gasteiger partial charge in [0.1, 0.15) is 17.6 Å². The number of aliphatic hydroxyl groups excluding tert-OH is 1. The Hall–Kier alpha value is -1.00. The summed E-state index contributed by atoms with van der Waals surface area (Å²) in [6.45, 7) is 0.647. The average Bonchev–Trinajstić information content (AvgIpc) is 2.82. The number of benzene rings is 1. The van der Waals surface area contributed by atoms with Crippen molar-refractivity contribution in [3.63, 3.8) is 0 Å². The first kappa shape index (κ1) is 11.5. The molecule has 1 aliphatic rings. The molecular formula is C12H13BrO3. The topological polar surface area (TPSA) is 38.7 Å². The van der Waals surface area contributed by atoms with Crippen LogP contribution in [0.3, 0.4) is 0 Å². The normalized spacial score (nSPS) is 16.6. The Morgan fingerprint density at radius 1 is 1.50 bits per heavy atom. The molecule has 16 heavy (non-hydrogen) atoms. The molecule has 1 heterocycles. The molecule has 0 aliphatic carbocycles. The quantitative estimate of drug-likeness (QED) is 0.928. The van der Waals surface area contributed by atoms with Crippen molar-refractivity contribution in [2.24, 2.45) is 0 Å². The number of hydrogen-bond donors (Lipinski definition) is 1. The lowest BCUT2D eigenvalue weighted by Crippen LogP contribution is -2.03. The molecule has 0 saturated carbocycles. The molecule has 0 aromatic heterocycles. The maximum atomic E-state index is 10.1. The highest BCUT2D eigenvalue weighted by Gasteiger charge is 2.20. The minimum atomic E-state index is -0.730. The minimum absolute atomic E-state index is 0.619. The van der Waals surface area contributed by atoms with Crippen LogP contribution < -0.4 is 4.74 Å². The van der Waals surface area contributed by atoms with Crippen molar-refractivity contribution in [2.75, 3.05) is 13.7 Å². The molecule has 1 atom stereocenters. The van der Waals surface area contributed by atoms with Crippen LogP contribution in [0.5, 0.6) is 5.75 Å². The van der Waals surface area contributed by atoms with Crippen molar-refractivity contribution in [3.8, 4) is 5.75 Å². The Morgan fingerprint density at radius 2 is 2.31 bits per heavy atom. The van der Waals surface area contributed by atoms with Gasteiger partial charge in [0.2, 0.25) is 0 Å². The molecular weight excluding hydrogens is 272 g/mol. The molecule has 86 valence electrons. The Kier molecular flexibility index (Phi) is 3.51. The zero-order chi connectivity index (χ0) is 11.5. The van der Waals surface area contributed by atoms with Gasteiger partial charge in [-0.3, -0.25) is 0 Å². The number of halogens is 1. The predicted octanol–water partition coefficient (Wildman–Crippen LogP) is 2.80. The van der Waals surface area contributed by atoms with Crippen molar-refractivity contribution in [1.29, 1.82) is 0 Å². The third-order valence-corrected chi connectivity index (χ3v) is 3.22. The van der Waals surface area contributed by atoms with E-state index in [1.54, 1.807) is 13.2 Å². The smallest absolute Gasteiger partial charge is 0.137 e. The van der Waals surface area contributed by atoms with Gasteiger partial charge in [-0.25, -0.2) is 0 Å². The summed E-state index contributed by atoms with van der Waals surface area (Å²) in [4.78, 5) is 0. The lowest BCUT2D eigenvalue weighted by atomic mass is 10.1. The number of aliphatic hydroxyl groups is 1. The summed E-state index contributed by atoms with van der Waals surface area (Å²) < 4.78 is 11.3. The summed E-state index contributed by atoms with van der Waals surface area (Å²) in [6.07, 6.45) is 2.04. The van der Waals surface area contributed by atoms with Crippen LogP contribution in [-0.4, -0.2) is 18.8 Å². The van der Waals surface area contributed by atoms with Crippen molar-refractivity contribution in [2.45, 2.75) is 12.5 Å². The second kappa shape index (κ2) is 4.89. The molecule has 2 rings (SSSR count). The number of methoxy groups -OCH3 is 1. The van der Waals surface area contributed by atoms with Gasteiger partial charge in [0.25, 0.3) is 0 Å². The van der Waals surface area contributed by atoms with E-state index < -0.39 is 6.10 Å². The van der Waals surface area contributed by atoms with Crippen molar-refractivity contribution < 1.29 is 14.6 Å². The zero-order valence-electron chi connectivity index (χ0n) is 8.94. The molecule has 1 unspecified atom stereocenters. The fourth-order valence-corrected chi connectivity index (χ4v) is 2.10. The Morgan fingerprint density at radius 3 is 2.94 bits per heavy atom. The van der Waals surface area contributed by atoms with Gasteiger partial charge in [0.15, 0.2) is 0 Å². The largest absolute Gasteiger partial charge is 0.497 e. The van der Waals surface area contributed by atoms with Crippen LogP contribution in [0.4, 0.5) is 0 Å². The monoisotopic (exact) mass is 284 g/mol. The molecule has 0 fully saturated rings. The second-order valence-electron chi connectivity index (χ2n) is 3.53. The fourth-order valence-electron chi connectivity index (χ4n) is 1.64. The van der Waals surface area contributed by atoms with Crippen LogP contribution in [-0.2, 0) is 4.74 Å². The predicted molar refractivity (Wildman–Crippen MR) is 64.3 cm³/mol.